The second kappa shape index (κ2) is 18.2. The molecule has 1 amide bonds. The van der Waals surface area contributed by atoms with E-state index in [9.17, 15) is 39.7 Å². The van der Waals surface area contributed by atoms with Crippen LogP contribution in [0.15, 0.2) is 18.3 Å². The molecule has 1 fully saturated rings. The fourth-order valence-electron chi connectivity index (χ4n) is 4.73. The van der Waals surface area contributed by atoms with Crippen molar-refractivity contribution in [1.82, 2.24) is 24.9 Å². The average molecular weight is 581 g/mol. The van der Waals surface area contributed by atoms with Crippen LogP contribution in [-0.4, -0.2) is 137 Å². The van der Waals surface area contributed by atoms with Gasteiger partial charge in [0.2, 0.25) is 5.69 Å². The summed E-state index contributed by atoms with van der Waals surface area (Å²) in [6.07, 6.45) is 5.33. The lowest BCUT2D eigenvalue weighted by Crippen LogP contribution is -2.49. The highest BCUT2D eigenvalue weighted by molar-refractivity contribution is 5.94. The molecule has 230 valence electrons. The number of carboxylic acid groups (broad SMARTS) is 3. The van der Waals surface area contributed by atoms with Gasteiger partial charge in [0.05, 0.1) is 26.2 Å². The van der Waals surface area contributed by atoms with E-state index in [1.54, 1.807) is 20.8 Å². The van der Waals surface area contributed by atoms with Crippen LogP contribution in [0.1, 0.15) is 48.7 Å². The van der Waals surface area contributed by atoms with Gasteiger partial charge in [0, 0.05) is 65.0 Å². The van der Waals surface area contributed by atoms with E-state index in [1.807, 2.05) is 4.90 Å². The van der Waals surface area contributed by atoms with E-state index in [0.717, 1.165) is 25.7 Å². The number of aromatic nitrogens is 1. The number of nitrogens with one attached hydrogen (secondary N) is 1. The van der Waals surface area contributed by atoms with E-state index in [1.165, 1.54) is 12.3 Å². The van der Waals surface area contributed by atoms with E-state index >= 15 is 0 Å². The predicted octanol–water partition coefficient (Wildman–Crippen LogP) is -0.394. The lowest BCUT2D eigenvalue weighted by Gasteiger charge is -2.32. The first-order valence-corrected chi connectivity index (χ1v) is 14.1. The van der Waals surface area contributed by atoms with Gasteiger partial charge in [-0.3, -0.25) is 38.8 Å². The molecule has 14 heteroatoms. The quantitative estimate of drug-likeness (QED) is 0.127. The van der Waals surface area contributed by atoms with Gasteiger partial charge in [0.1, 0.15) is 5.56 Å². The molecular formula is C27H44N6O8. The lowest BCUT2D eigenvalue weighted by atomic mass is 10.1. The van der Waals surface area contributed by atoms with Crippen molar-refractivity contribution < 1.29 is 39.2 Å². The van der Waals surface area contributed by atoms with Crippen LogP contribution in [0.25, 0.3) is 0 Å². The summed E-state index contributed by atoms with van der Waals surface area (Å²) in [6.45, 7) is 4.51. The molecule has 0 bridgehead atoms. The number of unbranched alkanes of at least 4 members (excludes halogenated alkanes) is 3. The van der Waals surface area contributed by atoms with Crippen molar-refractivity contribution in [3.05, 3.63) is 34.8 Å². The molecule has 1 aromatic rings. The molecule has 2 heterocycles. The van der Waals surface area contributed by atoms with Gasteiger partial charge in [-0.1, -0.05) is 26.2 Å². The number of carbonyl (C=O) groups is 4. The standard InChI is InChI=1S/C27H44N6O8/c1-2-3-4-5-8-28-27(40)22-7-6-9-33(41)23(22)18-29-10-12-30(19-24(34)35)14-16-32(21-26(38)39)17-15-31(13-11-29)20-25(36)37/h6-7,9H,2-5,8,10-21H2,1H3,(H,28,40)(H,34,35)(H,36,37)(H,38,39). The zero-order valence-electron chi connectivity index (χ0n) is 23.9. The molecule has 1 saturated heterocycles. The number of carbonyl (C=O) groups excluding carboxylic acids is 1. The number of carboxylic acids is 3. The Hall–Kier alpha value is -3.33. The van der Waals surface area contributed by atoms with Gasteiger partial charge in [-0.2, -0.15) is 4.73 Å². The number of amides is 1. The number of aliphatic carboxylic acids is 3. The summed E-state index contributed by atoms with van der Waals surface area (Å²) in [6, 6.07) is 3.12. The Balaban J connectivity index is 2.24. The average Bonchev–Trinajstić information content (AvgIpc) is 2.90. The largest absolute Gasteiger partial charge is 0.618 e. The van der Waals surface area contributed by atoms with Gasteiger partial charge in [0.25, 0.3) is 5.91 Å². The summed E-state index contributed by atoms with van der Waals surface area (Å²) < 4.78 is 0.663. The predicted molar refractivity (Wildman–Crippen MR) is 149 cm³/mol. The van der Waals surface area contributed by atoms with E-state index in [4.69, 9.17) is 0 Å². The first kappa shape index (κ1) is 33.9. The Labute approximate surface area is 240 Å². The SMILES string of the molecule is CCCCCCNC(=O)c1ccc[n+]([O-])c1CN1CCN(CC(=O)O)CCN(CC(=O)O)CCN(CC(=O)O)CC1. The van der Waals surface area contributed by atoms with Crippen molar-refractivity contribution in [3.63, 3.8) is 0 Å². The molecular weight excluding hydrogens is 536 g/mol. The third kappa shape index (κ3) is 13.3. The number of rotatable bonds is 14. The molecule has 1 aliphatic rings. The summed E-state index contributed by atoms with van der Waals surface area (Å²) >= 11 is 0. The Morgan fingerprint density at radius 3 is 1.68 bits per heavy atom. The fourth-order valence-corrected chi connectivity index (χ4v) is 4.73. The van der Waals surface area contributed by atoms with Crippen LogP contribution in [0.4, 0.5) is 0 Å². The molecule has 14 nitrogen and oxygen atoms in total. The summed E-state index contributed by atoms with van der Waals surface area (Å²) in [5, 5.41) is 43.9. The van der Waals surface area contributed by atoms with Crippen LogP contribution in [-0.2, 0) is 20.9 Å². The summed E-state index contributed by atoms with van der Waals surface area (Å²) in [4.78, 5) is 54.4. The highest BCUT2D eigenvalue weighted by Crippen LogP contribution is 2.10. The van der Waals surface area contributed by atoms with Crippen molar-refractivity contribution in [2.75, 3.05) is 78.5 Å². The van der Waals surface area contributed by atoms with Crippen molar-refractivity contribution in [1.29, 1.82) is 0 Å². The van der Waals surface area contributed by atoms with Crippen LogP contribution >= 0.6 is 0 Å². The molecule has 0 aromatic carbocycles. The molecule has 1 aliphatic heterocycles. The van der Waals surface area contributed by atoms with Crippen LogP contribution in [0, 0.1) is 5.21 Å². The van der Waals surface area contributed by atoms with E-state index in [-0.39, 0.29) is 43.3 Å². The first-order chi connectivity index (χ1) is 19.6. The van der Waals surface area contributed by atoms with Gasteiger partial charge < -0.3 is 25.8 Å². The molecule has 1 aromatic heterocycles. The Morgan fingerprint density at radius 2 is 1.24 bits per heavy atom. The highest BCUT2D eigenvalue weighted by atomic mass is 16.5. The number of hydrogen-bond acceptors (Lipinski definition) is 9. The minimum absolute atomic E-state index is 0.107. The van der Waals surface area contributed by atoms with Crippen LogP contribution in [0.3, 0.4) is 0 Å². The number of nitrogens with zero attached hydrogens (tertiary/aromatic N) is 5. The molecule has 0 unspecified atom stereocenters. The summed E-state index contributed by atoms with van der Waals surface area (Å²) in [5.41, 5.74) is 0.519. The van der Waals surface area contributed by atoms with Crippen LogP contribution in [0.5, 0.6) is 0 Å². The van der Waals surface area contributed by atoms with Gasteiger partial charge in [0.15, 0.2) is 6.20 Å². The van der Waals surface area contributed by atoms with Gasteiger partial charge in [-0.05, 0) is 12.5 Å². The van der Waals surface area contributed by atoms with Crippen LogP contribution < -0.4 is 10.0 Å². The molecule has 4 N–H and O–H groups in total. The van der Waals surface area contributed by atoms with Crippen molar-refractivity contribution in [2.24, 2.45) is 0 Å². The van der Waals surface area contributed by atoms with Gasteiger partial charge in [-0.15, -0.1) is 0 Å². The maximum Gasteiger partial charge on any atom is 0.317 e. The molecule has 2 rings (SSSR count). The van der Waals surface area contributed by atoms with Crippen molar-refractivity contribution >= 4 is 23.8 Å². The fraction of sp³-hybridized carbons (Fsp3) is 0.667. The van der Waals surface area contributed by atoms with Gasteiger partial charge in [-0.25, -0.2) is 0 Å². The van der Waals surface area contributed by atoms with Crippen molar-refractivity contribution in [3.8, 4) is 0 Å². The normalized spacial score (nSPS) is 16.9. The highest BCUT2D eigenvalue weighted by Gasteiger charge is 2.24. The Bertz CT molecular complexity index is 978. The molecule has 0 aliphatic carbocycles. The maximum atomic E-state index is 13.0. The number of pyridine rings is 1. The smallest absolute Gasteiger partial charge is 0.317 e. The van der Waals surface area contributed by atoms with Gasteiger partial charge >= 0.3 is 17.9 Å². The molecule has 0 atom stereocenters. The molecule has 0 spiro atoms. The molecule has 0 saturated carbocycles. The van der Waals surface area contributed by atoms with Crippen molar-refractivity contribution in [2.45, 2.75) is 39.2 Å². The summed E-state index contributed by atoms with van der Waals surface area (Å²) in [5.74, 6) is -3.39. The minimum atomic E-state index is -1.02. The minimum Gasteiger partial charge on any atom is -0.618 e. The molecule has 0 radical (unpaired) electrons. The van der Waals surface area contributed by atoms with E-state index < -0.39 is 17.9 Å². The monoisotopic (exact) mass is 580 g/mol. The first-order valence-electron chi connectivity index (χ1n) is 14.1. The maximum absolute atomic E-state index is 13.0. The topological polar surface area (TPSA) is 181 Å². The van der Waals surface area contributed by atoms with E-state index in [2.05, 4.69) is 12.2 Å². The zero-order valence-corrected chi connectivity index (χ0v) is 23.9. The van der Waals surface area contributed by atoms with E-state index in [0.29, 0.717) is 63.6 Å². The van der Waals surface area contributed by atoms with Crippen LogP contribution in [0.2, 0.25) is 0 Å². The second-order valence-corrected chi connectivity index (χ2v) is 10.3. The second-order valence-electron chi connectivity index (χ2n) is 10.3. The third-order valence-electron chi connectivity index (χ3n) is 7.00. The summed E-state index contributed by atoms with van der Waals surface area (Å²) in [7, 11) is 0. The third-order valence-corrected chi connectivity index (χ3v) is 7.00. The number of hydrogen-bond donors (Lipinski definition) is 4. The lowest BCUT2D eigenvalue weighted by molar-refractivity contribution is -0.615. The molecule has 41 heavy (non-hydrogen) atoms. The zero-order chi connectivity index (χ0) is 30.2. The Kier molecular flexibility index (Phi) is 15.0. The Morgan fingerprint density at radius 1 is 0.780 bits per heavy atom.